The Labute approximate surface area is 164 Å². The number of piperazine rings is 1. The summed E-state index contributed by atoms with van der Waals surface area (Å²) in [6.45, 7) is 11.0. The van der Waals surface area contributed by atoms with Gasteiger partial charge in [0.2, 0.25) is 10.0 Å². The molecular weight excluding hydrogens is 362 g/mol. The Hall–Kier alpha value is -1.44. The van der Waals surface area contributed by atoms with E-state index in [0.717, 1.165) is 13.1 Å². The van der Waals surface area contributed by atoms with E-state index >= 15 is 0 Å². The molecule has 1 N–H and O–H groups in total. The van der Waals surface area contributed by atoms with Crippen molar-refractivity contribution in [3.63, 3.8) is 0 Å². The maximum atomic E-state index is 12.6. The quantitative estimate of drug-likeness (QED) is 0.768. The Kier molecular flexibility index (Phi) is 7.42. The van der Waals surface area contributed by atoms with Gasteiger partial charge >= 0.3 is 0 Å². The van der Waals surface area contributed by atoms with E-state index in [1.807, 2.05) is 7.05 Å². The largest absolute Gasteiger partial charge is 0.349 e. The molecule has 6 nitrogen and oxygen atoms in total. The fourth-order valence-corrected chi connectivity index (χ4v) is 4.97. The molecule has 0 aromatic heterocycles. The smallest absolute Gasteiger partial charge is 0.251 e. The maximum absolute atomic E-state index is 12.6. The van der Waals surface area contributed by atoms with Gasteiger partial charge in [-0.3, -0.25) is 4.79 Å². The summed E-state index contributed by atoms with van der Waals surface area (Å²) in [4.78, 5) is 14.6. The highest BCUT2D eigenvalue weighted by molar-refractivity contribution is 7.88. The number of hydrogen-bond acceptors (Lipinski definition) is 4. The lowest BCUT2D eigenvalue weighted by Gasteiger charge is -2.31. The molecule has 0 aliphatic carbocycles. The third kappa shape index (κ3) is 6.02. The summed E-state index contributed by atoms with van der Waals surface area (Å²) in [5.74, 6) is 0.555. The summed E-state index contributed by atoms with van der Waals surface area (Å²) >= 11 is 0. The first kappa shape index (κ1) is 21.9. The summed E-state index contributed by atoms with van der Waals surface area (Å²) in [5, 5.41) is 3.09. The second-order valence-electron chi connectivity index (χ2n) is 8.14. The highest BCUT2D eigenvalue weighted by Crippen LogP contribution is 2.16. The van der Waals surface area contributed by atoms with E-state index in [2.05, 4.69) is 37.9 Å². The number of benzene rings is 1. The Morgan fingerprint density at radius 1 is 1.00 bits per heavy atom. The van der Waals surface area contributed by atoms with Gasteiger partial charge in [-0.15, -0.1) is 0 Å². The summed E-state index contributed by atoms with van der Waals surface area (Å²) in [6, 6.07) is 7.00. The highest BCUT2D eigenvalue weighted by Gasteiger charge is 2.26. The summed E-state index contributed by atoms with van der Waals surface area (Å²) in [5.41, 5.74) is 1.26. The lowest BCUT2D eigenvalue weighted by atomic mass is 9.93. The molecule has 1 aromatic rings. The molecule has 7 heteroatoms. The second-order valence-corrected chi connectivity index (χ2v) is 10.1. The third-order valence-electron chi connectivity index (χ3n) is 5.16. The van der Waals surface area contributed by atoms with E-state index in [9.17, 15) is 13.2 Å². The number of carbonyl (C=O) groups excluding carboxylic acids is 1. The SMILES string of the molecule is CC(C)C(NC(=O)c1ccc(CS(=O)(=O)N2CCN(C)CC2)cc1)C(C)C. The zero-order valence-corrected chi connectivity index (χ0v) is 17.9. The predicted molar refractivity (Wildman–Crippen MR) is 109 cm³/mol. The molecule has 0 saturated carbocycles. The first-order chi connectivity index (χ1) is 12.6. The number of carbonyl (C=O) groups is 1. The monoisotopic (exact) mass is 395 g/mol. The molecule has 1 saturated heterocycles. The van der Waals surface area contributed by atoms with Crippen molar-refractivity contribution in [2.45, 2.75) is 39.5 Å². The van der Waals surface area contributed by atoms with Crippen LogP contribution in [-0.4, -0.2) is 62.8 Å². The van der Waals surface area contributed by atoms with Crippen LogP contribution in [0.25, 0.3) is 0 Å². The number of nitrogens with zero attached hydrogens (tertiary/aromatic N) is 2. The molecule has 0 bridgehead atoms. The lowest BCUT2D eigenvalue weighted by Crippen LogP contribution is -2.47. The van der Waals surface area contributed by atoms with Crippen LogP contribution in [0.2, 0.25) is 0 Å². The summed E-state index contributed by atoms with van der Waals surface area (Å²) in [7, 11) is -1.33. The molecule has 0 atom stereocenters. The molecule has 0 unspecified atom stereocenters. The Bertz CT molecular complexity index is 713. The topological polar surface area (TPSA) is 69.7 Å². The van der Waals surface area contributed by atoms with E-state index in [4.69, 9.17) is 0 Å². The molecule has 1 aromatic carbocycles. The maximum Gasteiger partial charge on any atom is 0.251 e. The van der Waals surface area contributed by atoms with Gasteiger partial charge in [0.1, 0.15) is 0 Å². The fraction of sp³-hybridized carbons (Fsp3) is 0.650. The van der Waals surface area contributed by atoms with E-state index in [1.165, 1.54) is 0 Å². The van der Waals surface area contributed by atoms with Crippen molar-refractivity contribution in [2.24, 2.45) is 11.8 Å². The van der Waals surface area contributed by atoms with Crippen molar-refractivity contribution in [1.29, 1.82) is 0 Å². The first-order valence-electron chi connectivity index (χ1n) is 9.66. The van der Waals surface area contributed by atoms with Crippen LogP contribution >= 0.6 is 0 Å². The molecule has 1 aliphatic rings. The van der Waals surface area contributed by atoms with E-state index in [1.54, 1.807) is 28.6 Å². The van der Waals surface area contributed by atoms with Crippen LogP contribution in [0, 0.1) is 11.8 Å². The number of nitrogens with one attached hydrogen (secondary N) is 1. The van der Waals surface area contributed by atoms with Gasteiger partial charge in [-0.2, -0.15) is 4.31 Å². The second kappa shape index (κ2) is 9.17. The van der Waals surface area contributed by atoms with E-state index in [-0.39, 0.29) is 17.7 Å². The fourth-order valence-electron chi connectivity index (χ4n) is 3.46. The number of rotatable bonds is 7. The number of hydrogen-bond donors (Lipinski definition) is 1. The Morgan fingerprint density at radius 3 is 2.00 bits per heavy atom. The van der Waals surface area contributed by atoms with E-state index < -0.39 is 10.0 Å². The third-order valence-corrected chi connectivity index (χ3v) is 7.01. The lowest BCUT2D eigenvalue weighted by molar-refractivity contribution is 0.0910. The van der Waals surface area contributed by atoms with Crippen molar-refractivity contribution in [3.05, 3.63) is 35.4 Å². The average molecular weight is 396 g/mol. The Morgan fingerprint density at radius 2 is 1.52 bits per heavy atom. The minimum atomic E-state index is -3.33. The molecule has 1 aliphatic heterocycles. The van der Waals surface area contributed by atoms with Crippen molar-refractivity contribution in [2.75, 3.05) is 33.2 Å². The predicted octanol–water partition coefficient (Wildman–Crippen LogP) is 2.17. The highest BCUT2D eigenvalue weighted by atomic mass is 32.2. The average Bonchev–Trinajstić information content (AvgIpc) is 2.59. The molecule has 152 valence electrons. The molecular formula is C20H33N3O3S. The van der Waals surface area contributed by atoms with Crippen LogP contribution in [-0.2, 0) is 15.8 Å². The number of sulfonamides is 1. The molecule has 2 rings (SSSR count). The normalized spacial score (nSPS) is 17.0. The molecule has 1 amide bonds. The minimum absolute atomic E-state index is 0.0285. The van der Waals surface area contributed by atoms with Crippen LogP contribution in [0.15, 0.2) is 24.3 Å². The number of amides is 1. The molecule has 1 fully saturated rings. The van der Waals surface area contributed by atoms with Crippen molar-refractivity contribution in [3.8, 4) is 0 Å². The van der Waals surface area contributed by atoms with Gasteiger partial charge in [-0.25, -0.2) is 8.42 Å². The molecule has 0 spiro atoms. The van der Waals surface area contributed by atoms with Crippen molar-refractivity contribution in [1.82, 2.24) is 14.5 Å². The van der Waals surface area contributed by atoms with E-state index in [0.29, 0.717) is 36.1 Å². The van der Waals surface area contributed by atoms with Crippen LogP contribution < -0.4 is 5.32 Å². The van der Waals surface area contributed by atoms with Gasteiger partial charge in [0.05, 0.1) is 5.75 Å². The van der Waals surface area contributed by atoms with Gasteiger partial charge in [-0.05, 0) is 36.6 Å². The van der Waals surface area contributed by atoms with Crippen LogP contribution in [0.4, 0.5) is 0 Å². The van der Waals surface area contributed by atoms with Gasteiger partial charge in [0, 0.05) is 37.8 Å². The van der Waals surface area contributed by atoms with Crippen molar-refractivity contribution < 1.29 is 13.2 Å². The zero-order chi connectivity index (χ0) is 20.2. The van der Waals surface area contributed by atoms with Gasteiger partial charge in [0.15, 0.2) is 0 Å². The minimum Gasteiger partial charge on any atom is -0.349 e. The molecule has 27 heavy (non-hydrogen) atoms. The Balaban J connectivity index is 2.01. The zero-order valence-electron chi connectivity index (χ0n) is 17.1. The molecule has 0 radical (unpaired) electrons. The standard InChI is InChI=1S/C20H33N3O3S/c1-15(2)19(16(3)4)21-20(24)18-8-6-17(7-9-18)14-27(25,26)23-12-10-22(5)11-13-23/h6-9,15-16,19H,10-14H2,1-5H3,(H,21,24). The van der Waals surface area contributed by atoms with Crippen molar-refractivity contribution >= 4 is 15.9 Å². The van der Waals surface area contributed by atoms with Gasteiger partial charge in [0.25, 0.3) is 5.91 Å². The first-order valence-corrected chi connectivity index (χ1v) is 11.3. The van der Waals surface area contributed by atoms with Gasteiger partial charge in [-0.1, -0.05) is 39.8 Å². The van der Waals surface area contributed by atoms with Crippen LogP contribution in [0.1, 0.15) is 43.6 Å². The summed E-state index contributed by atoms with van der Waals surface area (Å²) < 4.78 is 26.8. The van der Waals surface area contributed by atoms with Gasteiger partial charge < -0.3 is 10.2 Å². The van der Waals surface area contributed by atoms with Crippen LogP contribution in [0.3, 0.4) is 0 Å². The van der Waals surface area contributed by atoms with Crippen LogP contribution in [0.5, 0.6) is 0 Å². The molecule has 1 heterocycles. The summed E-state index contributed by atoms with van der Waals surface area (Å²) in [6.07, 6.45) is 0. The number of likely N-dealkylation sites (N-methyl/N-ethyl adjacent to an activating group) is 1.